The summed E-state index contributed by atoms with van der Waals surface area (Å²) in [6.07, 6.45) is 3.80. The number of carbonyl (C=O) groups is 1. The molecule has 0 radical (unpaired) electrons. The van der Waals surface area contributed by atoms with E-state index in [4.69, 9.17) is 5.84 Å². The van der Waals surface area contributed by atoms with Crippen LogP contribution in [0.2, 0.25) is 0 Å². The number of hydrazine groups is 1. The summed E-state index contributed by atoms with van der Waals surface area (Å²) in [6.45, 7) is 7.94. The van der Waals surface area contributed by atoms with Gasteiger partial charge in [0.15, 0.2) is 0 Å². The molecule has 1 saturated heterocycles. The Morgan fingerprint density at radius 3 is 2.95 bits per heavy atom. The van der Waals surface area contributed by atoms with Gasteiger partial charge in [0, 0.05) is 11.4 Å². The van der Waals surface area contributed by atoms with Crippen molar-refractivity contribution in [3.05, 3.63) is 21.9 Å². The van der Waals surface area contributed by atoms with Gasteiger partial charge in [0.1, 0.15) is 0 Å². The van der Waals surface area contributed by atoms with E-state index < -0.39 is 0 Å². The first kappa shape index (κ1) is 14.5. The van der Waals surface area contributed by atoms with Crippen LogP contribution in [0.5, 0.6) is 0 Å². The molecule has 0 aromatic carbocycles. The molecule has 4 nitrogen and oxygen atoms in total. The normalized spacial score (nSPS) is 19.9. The maximum atomic E-state index is 11.4. The van der Waals surface area contributed by atoms with Crippen LogP contribution in [0.25, 0.3) is 0 Å². The minimum Gasteiger partial charge on any atom is -0.298 e. The highest BCUT2D eigenvalue weighted by Crippen LogP contribution is 2.30. The number of nitrogens with zero attached hydrogens (tertiary/aromatic N) is 1. The summed E-state index contributed by atoms with van der Waals surface area (Å²) in [5.41, 5.74) is 2.64. The second-order valence-electron chi connectivity index (χ2n) is 6.03. The van der Waals surface area contributed by atoms with Gasteiger partial charge in [-0.2, -0.15) is 0 Å². The first-order chi connectivity index (χ1) is 9.00. The topological polar surface area (TPSA) is 58.4 Å². The Balaban J connectivity index is 1.94. The van der Waals surface area contributed by atoms with E-state index in [0.29, 0.717) is 10.3 Å². The third-order valence-electron chi connectivity index (χ3n) is 3.83. The van der Waals surface area contributed by atoms with E-state index in [1.165, 1.54) is 35.5 Å². The highest BCUT2D eigenvalue weighted by molar-refractivity contribution is 7.14. The SMILES string of the molecule is CC1(C)CCCN(Cc2ccc(C(=O)NN)s2)CC1. The Morgan fingerprint density at radius 2 is 2.21 bits per heavy atom. The zero-order valence-corrected chi connectivity index (χ0v) is 12.6. The molecule has 0 unspecified atom stereocenters. The number of likely N-dealkylation sites (tertiary alicyclic amines) is 1. The van der Waals surface area contributed by atoms with E-state index in [1.807, 2.05) is 12.1 Å². The minimum atomic E-state index is -0.201. The molecule has 1 aromatic heterocycles. The van der Waals surface area contributed by atoms with Gasteiger partial charge in [0.05, 0.1) is 4.88 Å². The fourth-order valence-corrected chi connectivity index (χ4v) is 3.47. The molecule has 0 spiro atoms. The predicted molar refractivity (Wildman–Crippen MR) is 78.9 cm³/mol. The van der Waals surface area contributed by atoms with Crippen molar-refractivity contribution in [1.29, 1.82) is 0 Å². The molecule has 0 saturated carbocycles. The van der Waals surface area contributed by atoms with Crippen molar-refractivity contribution in [2.75, 3.05) is 13.1 Å². The predicted octanol–water partition coefficient (Wildman–Crippen LogP) is 2.36. The van der Waals surface area contributed by atoms with Crippen LogP contribution in [0.1, 0.15) is 47.7 Å². The molecule has 1 aliphatic heterocycles. The lowest BCUT2D eigenvalue weighted by Gasteiger charge is -2.22. The van der Waals surface area contributed by atoms with Crippen LogP contribution in [-0.2, 0) is 6.54 Å². The molecule has 3 N–H and O–H groups in total. The molecule has 1 aromatic rings. The van der Waals surface area contributed by atoms with Gasteiger partial charge in [-0.1, -0.05) is 13.8 Å². The van der Waals surface area contributed by atoms with Crippen LogP contribution in [0.4, 0.5) is 0 Å². The number of nitrogen functional groups attached to an aromatic ring is 1. The van der Waals surface area contributed by atoms with Gasteiger partial charge >= 0.3 is 0 Å². The summed E-state index contributed by atoms with van der Waals surface area (Å²) >= 11 is 1.53. The van der Waals surface area contributed by atoms with Gasteiger partial charge in [-0.3, -0.25) is 15.1 Å². The average molecular weight is 281 g/mol. The monoisotopic (exact) mass is 281 g/mol. The molecule has 2 heterocycles. The van der Waals surface area contributed by atoms with E-state index in [9.17, 15) is 4.79 Å². The number of rotatable bonds is 3. The zero-order valence-electron chi connectivity index (χ0n) is 11.7. The summed E-state index contributed by atoms with van der Waals surface area (Å²) in [6, 6.07) is 3.88. The molecule has 1 fully saturated rings. The molecule has 0 aliphatic carbocycles. The molecule has 2 rings (SSSR count). The number of nitrogens with one attached hydrogen (secondary N) is 1. The summed E-state index contributed by atoms with van der Waals surface area (Å²) in [5, 5.41) is 0. The van der Waals surface area contributed by atoms with Crippen LogP contribution in [0.15, 0.2) is 12.1 Å². The van der Waals surface area contributed by atoms with E-state index in [1.54, 1.807) is 0 Å². The standard InChI is InChI=1S/C14H23N3OS/c1-14(2)6-3-8-17(9-7-14)10-11-4-5-12(19-11)13(18)16-15/h4-5H,3,6-10,15H2,1-2H3,(H,16,18). The lowest BCUT2D eigenvalue weighted by atomic mass is 9.85. The van der Waals surface area contributed by atoms with Crippen molar-refractivity contribution in [1.82, 2.24) is 10.3 Å². The molecule has 19 heavy (non-hydrogen) atoms. The molecule has 5 heteroatoms. The largest absolute Gasteiger partial charge is 0.298 e. The maximum absolute atomic E-state index is 11.4. The van der Waals surface area contributed by atoms with Gasteiger partial charge in [0.25, 0.3) is 5.91 Å². The number of amides is 1. The molecule has 0 atom stereocenters. The Bertz CT molecular complexity index is 442. The van der Waals surface area contributed by atoms with Crippen molar-refractivity contribution in [3.8, 4) is 0 Å². The third-order valence-corrected chi connectivity index (χ3v) is 4.90. The van der Waals surface area contributed by atoms with Crippen LogP contribution >= 0.6 is 11.3 Å². The third kappa shape index (κ3) is 4.03. The molecule has 1 aliphatic rings. The average Bonchev–Trinajstić information content (AvgIpc) is 2.76. The minimum absolute atomic E-state index is 0.201. The van der Waals surface area contributed by atoms with E-state index in [2.05, 4.69) is 24.2 Å². The fraction of sp³-hybridized carbons (Fsp3) is 0.643. The second-order valence-corrected chi connectivity index (χ2v) is 7.20. The van der Waals surface area contributed by atoms with Gasteiger partial charge in [-0.25, -0.2) is 5.84 Å². The molecule has 1 amide bonds. The second kappa shape index (κ2) is 6.03. The summed E-state index contributed by atoms with van der Waals surface area (Å²) in [4.78, 5) is 15.8. The summed E-state index contributed by atoms with van der Waals surface area (Å²) in [7, 11) is 0. The lowest BCUT2D eigenvalue weighted by molar-refractivity contribution is 0.0957. The zero-order chi connectivity index (χ0) is 13.9. The molecule has 106 valence electrons. The van der Waals surface area contributed by atoms with Gasteiger partial charge in [0.2, 0.25) is 0 Å². The molecular weight excluding hydrogens is 258 g/mol. The molecule has 0 bridgehead atoms. The smallest absolute Gasteiger partial charge is 0.275 e. The van der Waals surface area contributed by atoms with Crippen molar-refractivity contribution in [2.45, 2.75) is 39.7 Å². The Labute approximate surface area is 118 Å². The quantitative estimate of drug-likeness (QED) is 0.508. The van der Waals surface area contributed by atoms with Crippen molar-refractivity contribution < 1.29 is 4.79 Å². The Kier molecular flexibility index (Phi) is 4.60. The van der Waals surface area contributed by atoms with Gasteiger partial charge in [-0.05, 0) is 49.9 Å². The van der Waals surface area contributed by atoms with E-state index >= 15 is 0 Å². The highest BCUT2D eigenvalue weighted by atomic mass is 32.1. The first-order valence-corrected chi connectivity index (χ1v) is 7.64. The van der Waals surface area contributed by atoms with Crippen molar-refractivity contribution >= 4 is 17.2 Å². The maximum Gasteiger partial charge on any atom is 0.275 e. The van der Waals surface area contributed by atoms with Crippen LogP contribution in [0.3, 0.4) is 0 Å². The first-order valence-electron chi connectivity index (χ1n) is 6.82. The van der Waals surface area contributed by atoms with Gasteiger partial charge < -0.3 is 0 Å². The number of nitrogens with two attached hydrogens (primary N) is 1. The number of thiophene rings is 1. The van der Waals surface area contributed by atoms with Crippen molar-refractivity contribution in [2.24, 2.45) is 11.3 Å². The van der Waals surface area contributed by atoms with Crippen LogP contribution in [-0.4, -0.2) is 23.9 Å². The van der Waals surface area contributed by atoms with E-state index in [-0.39, 0.29) is 5.91 Å². The number of carbonyl (C=O) groups excluding carboxylic acids is 1. The summed E-state index contributed by atoms with van der Waals surface area (Å²) in [5.74, 6) is 4.94. The van der Waals surface area contributed by atoms with E-state index in [0.717, 1.165) is 19.6 Å². The fourth-order valence-electron chi connectivity index (χ4n) is 2.51. The number of hydrogen-bond acceptors (Lipinski definition) is 4. The van der Waals surface area contributed by atoms with Crippen LogP contribution in [0, 0.1) is 5.41 Å². The van der Waals surface area contributed by atoms with Gasteiger partial charge in [-0.15, -0.1) is 11.3 Å². The lowest BCUT2D eigenvalue weighted by Crippen LogP contribution is -2.29. The van der Waals surface area contributed by atoms with Crippen molar-refractivity contribution in [3.63, 3.8) is 0 Å². The Morgan fingerprint density at radius 1 is 1.42 bits per heavy atom. The Hall–Kier alpha value is -0.910. The molecular formula is C14H23N3OS. The summed E-state index contributed by atoms with van der Waals surface area (Å²) < 4.78 is 0. The van der Waals surface area contributed by atoms with Crippen LogP contribution < -0.4 is 11.3 Å². The number of hydrogen-bond donors (Lipinski definition) is 2. The highest BCUT2D eigenvalue weighted by Gasteiger charge is 2.23.